The smallest absolute Gasteiger partial charge is 0.420 e. The van der Waals surface area contributed by atoms with E-state index in [9.17, 15) is 26.7 Å². The SMILES string of the molecule is [N-]=[N+]=NCCc1cc2cc(-c3ccc(C(=O)N4CCC(F)(F)CC4)cc3)cc(C(F)(F)F)c2o1. The zero-order chi connectivity index (χ0) is 24.5. The van der Waals surface area contributed by atoms with E-state index in [0.29, 0.717) is 5.56 Å². The lowest BCUT2D eigenvalue weighted by atomic mass is 9.98. The Morgan fingerprint density at radius 1 is 1.09 bits per heavy atom. The number of furan rings is 1. The molecule has 178 valence electrons. The van der Waals surface area contributed by atoms with Gasteiger partial charge < -0.3 is 9.32 Å². The van der Waals surface area contributed by atoms with E-state index in [-0.39, 0.29) is 53.9 Å². The van der Waals surface area contributed by atoms with E-state index in [1.54, 1.807) is 6.07 Å². The maximum atomic E-state index is 13.7. The van der Waals surface area contributed by atoms with Gasteiger partial charge in [-0.15, -0.1) is 0 Å². The molecule has 0 spiro atoms. The molecule has 0 radical (unpaired) electrons. The van der Waals surface area contributed by atoms with E-state index in [4.69, 9.17) is 9.95 Å². The number of benzene rings is 2. The van der Waals surface area contributed by atoms with Gasteiger partial charge in [0.05, 0.1) is 5.56 Å². The summed E-state index contributed by atoms with van der Waals surface area (Å²) in [6.45, 7) is -0.0575. The standard InChI is InChI=1S/C23H19F5N4O2/c24-22(25)6-9-32(10-7-22)21(33)15-3-1-14(2-4-15)16-11-17-12-18(5-8-30-31-29)34-20(17)19(13-16)23(26,27)28/h1-4,11-13H,5-10H2. The molecule has 2 heterocycles. The van der Waals surface area contributed by atoms with Crippen molar-refractivity contribution in [3.8, 4) is 11.1 Å². The minimum atomic E-state index is -4.67. The summed E-state index contributed by atoms with van der Waals surface area (Å²) in [5, 5.41) is 3.61. The third-order valence-electron chi connectivity index (χ3n) is 5.74. The van der Waals surface area contributed by atoms with Crippen LogP contribution in [-0.2, 0) is 12.6 Å². The lowest BCUT2D eigenvalue weighted by Crippen LogP contribution is -2.42. The third-order valence-corrected chi connectivity index (χ3v) is 5.74. The number of azide groups is 1. The average molecular weight is 478 g/mol. The quantitative estimate of drug-likeness (QED) is 0.174. The van der Waals surface area contributed by atoms with E-state index in [0.717, 1.165) is 6.07 Å². The topological polar surface area (TPSA) is 82.2 Å². The van der Waals surface area contributed by atoms with Gasteiger partial charge in [-0.05, 0) is 47.0 Å². The molecule has 0 aliphatic carbocycles. The first-order chi connectivity index (χ1) is 16.1. The second kappa shape index (κ2) is 8.98. The Balaban J connectivity index is 1.62. The lowest BCUT2D eigenvalue weighted by molar-refractivity contribution is -0.136. The number of amides is 1. The average Bonchev–Trinajstić information content (AvgIpc) is 3.20. The number of carbonyl (C=O) groups is 1. The van der Waals surface area contributed by atoms with Crippen molar-refractivity contribution in [3.63, 3.8) is 0 Å². The fourth-order valence-electron chi connectivity index (χ4n) is 3.94. The van der Waals surface area contributed by atoms with Crippen LogP contribution >= 0.6 is 0 Å². The number of hydrogen-bond acceptors (Lipinski definition) is 3. The molecule has 1 aliphatic rings. The fourth-order valence-corrected chi connectivity index (χ4v) is 3.94. The largest absolute Gasteiger partial charge is 0.460 e. The summed E-state index contributed by atoms with van der Waals surface area (Å²) in [7, 11) is 0. The normalized spacial score (nSPS) is 15.9. The van der Waals surface area contributed by atoms with Crippen molar-refractivity contribution in [3.05, 3.63) is 69.8 Å². The molecule has 34 heavy (non-hydrogen) atoms. The van der Waals surface area contributed by atoms with E-state index >= 15 is 0 Å². The van der Waals surface area contributed by atoms with Gasteiger partial charge in [0, 0.05) is 54.8 Å². The fraction of sp³-hybridized carbons (Fsp3) is 0.348. The molecule has 1 amide bonds. The van der Waals surface area contributed by atoms with E-state index in [2.05, 4.69) is 10.0 Å². The molecular formula is C23H19F5N4O2. The second-order valence-corrected chi connectivity index (χ2v) is 8.08. The molecule has 1 aromatic heterocycles. The van der Waals surface area contributed by atoms with Crippen LogP contribution in [0.3, 0.4) is 0 Å². The highest BCUT2D eigenvalue weighted by Gasteiger charge is 2.36. The Morgan fingerprint density at radius 3 is 2.38 bits per heavy atom. The first kappa shape index (κ1) is 23.6. The summed E-state index contributed by atoms with van der Waals surface area (Å²) in [5.74, 6) is -2.91. The molecule has 3 aromatic rings. The minimum absolute atomic E-state index is 0.0503. The van der Waals surface area contributed by atoms with Gasteiger partial charge in [0.25, 0.3) is 11.8 Å². The number of fused-ring (bicyclic) bond motifs is 1. The number of halogens is 5. The number of hydrogen-bond donors (Lipinski definition) is 0. The third kappa shape index (κ3) is 4.99. The Bertz CT molecular complexity index is 1250. The number of rotatable bonds is 5. The molecule has 4 rings (SSSR count). The number of carbonyl (C=O) groups excluding carboxylic acids is 1. The van der Waals surface area contributed by atoms with Crippen molar-refractivity contribution in [1.29, 1.82) is 0 Å². The number of alkyl halides is 5. The van der Waals surface area contributed by atoms with Gasteiger partial charge in [0.2, 0.25) is 0 Å². The monoisotopic (exact) mass is 478 g/mol. The molecule has 0 N–H and O–H groups in total. The molecule has 0 unspecified atom stereocenters. The molecule has 11 heteroatoms. The van der Waals surface area contributed by atoms with Crippen molar-refractivity contribution in [2.75, 3.05) is 19.6 Å². The summed E-state index contributed by atoms with van der Waals surface area (Å²) in [5.41, 5.74) is 8.13. The van der Waals surface area contributed by atoms with Crippen LogP contribution in [0.5, 0.6) is 0 Å². The summed E-state index contributed by atoms with van der Waals surface area (Å²) in [6.07, 6.45) is -5.30. The maximum Gasteiger partial charge on any atom is 0.420 e. The number of likely N-dealkylation sites (tertiary alicyclic amines) is 1. The molecular weight excluding hydrogens is 459 g/mol. The first-order valence-electron chi connectivity index (χ1n) is 10.5. The number of piperidine rings is 1. The predicted octanol–water partition coefficient (Wildman–Crippen LogP) is 6.84. The van der Waals surface area contributed by atoms with Gasteiger partial charge in [0.15, 0.2) is 0 Å². The Hall–Kier alpha value is -3.59. The zero-order valence-electron chi connectivity index (χ0n) is 17.8. The highest BCUT2D eigenvalue weighted by Crippen LogP contribution is 2.39. The molecule has 0 bridgehead atoms. The van der Waals surface area contributed by atoms with E-state index < -0.39 is 36.4 Å². The minimum Gasteiger partial charge on any atom is -0.460 e. The van der Waals surface area contributed by atoms with Crippen LogP contribution in [-0.4, -0.2) is 36.4 Å². The van der Waals surface area contributed by atoms with Crippen LogP contribution in [0.15, 0.2) is 52.0 Å². The van der Waals surface area contributed by atoms with Crippen LogP contribution in [0.2, 0.25) is 0 Å². The van der Waals surface area contributed by atoms with E-state index in [1.807, 2.05) is 0 Å². The van der Waals surface area contributed by atoms with Gasteiger partial charge in [0.1, 0.15) is 11.3 Å². The van der Waals surface area contributed by atoms with Gasteiger partial charge in [-0.2, -0.15) is 13.2 Å². The Labute approximate surface area is 190 Å². The molecule has 0 atom stereocenters. The summed E-state index contributed by atoms with van der Waals surface area (Å²) in [4.78, 5) is 16.6. The zero-order valence-corrected chi connectivity index (χ0v) is 17.8. The number of nitrogens with zero attached hydrogens (tertiary/aromatic N) is 4. The Kier molecular flexibility index (Phi) is 6.22. The van der Waals surface area contributed by atoms with Crippen molar-refractivity contribution in [2.24, 2.45) is 5.11 Å². The molecule has 2 aromatic carbocycles. The molecule has 6 nitrogen and oxygen atoms in total. The molecule has 1 saturated heterocycles. The predicted molar refractivity (Wildman–Crippen MR) is 114 cm³/mol. The molecule has 1 fully saturated rings. The molecule has 1 aliphatic heterocycles. The highest BCUT2D eigenvalue weighted by atomic mass is 19.4. The van der Waals surface area contributed by atoms with Crippen LogP contribution in [0.1, 0.15) is 34.5 Å². The second-order valence-electron chi connectivity index (χ2n) is 8.08. The van der Waals surface area contributed by atoms with Crippen molar-refractivity contribution in [2.45, 2.75) is 31.4 Å². The van der Waals surface area contributed by atoms with Gasteiger partial charge in [-0.25, -0.2) is 8.78 Å². The Morgan fingerprint density at radius 2 is 1.76 bits per heavy atom. The summed E-state index contributed by atoms with van der Waals surface area (Å²) in [6, 6.07) is 10.0. The van der Waals surface area contributed by atoms with Gasteiger partial charge in [-0.3, -0.25) is 4.79 Å². The van der Waals surface area contributed by atoms with Crippen molar-refractivity contribution in [1.82, 2.24) is 4.90 Å². The van der Waals surface area contributed by atoms with Crippen molar-refractivity contribution >= 4 is 16.9 Å². The van der Waals surface area contributed by atoms with Crippen molar-refractivity contribution < 1.29 is 31.2 Å². The van der Waals surface area contributed by atoms with Crippen LogP contribution in [0.25, 0.3) is 32.5 Å². The van der Waals surface area contributed by atoms with Crippen LogP contribution in [0.4, 0.5) is 22.0 Å². The lowest BCUT2D eigenvalue weighted by Gasteiger charge is -2.31. The van der Waals surface area contributed by atoms with Crippen LogP contribution < -0.4 is 0 Å². The van der Waals surface area contributed by atoms with Gasteiger partial charge >= 0.3 is 6.18 Å². The van der Waals surface area contributed by atoms with Gasteiger partial charge in [-0.1, -0.05) is 17.2 Å². The summed E-state index contributed by atoms with van der Waals surface area (Å²) >= 11 is 0. The van der Waals surface area contributed by atoms with E-state index in [1.165, 1.54) is 35.2 Å². The first-order valence-corrected chi connectivity index (χ1v) is 10.5. The molecule has 0 saturated carbocycles. The maximum absolute atomic E-state index is 13.7. The highest BCUT2D eigenvalue weighted by molar-refractivity contribution is 5.95. The summed E-state index contributed by atoms with van der Waals surface area (Å²) < 4.78 is 73.3. The van der Waals surface area contributed by atoms with Crippen LogP contribution in [0, 0.1) is 0 Å².